The first-order valence-electron chi connectivity index (χ1n) is 3.49. The van der Waals surface area contributed by atoms with Crippen LogP contribution in [0.2, 0.25) is 0 Å². The van der Waals surface area contributed by atoms with Crippen LogP contribution in [0.4, 0.5) is 0 Å². The first kappa shape index (κ1) is 9.44. The number of hydrogen-bond donors (Lipinski definition) is 0. The van der Waals surface area contributed by atoms with Crippen LogP contribution in [-0.2, 0) is 4.74 Å². The second-order valence-corrected chi connectivity index (χ2v) is 2.72. The summed E-state index contributed by atoms with van der Waals surface area (Å²) in [5, 5.41) is 0. The minimum atomic E-state index is 0.674. The van der Waals surface area contributed by atoms with Crippen LogP contribution in [0, 0.1) is 0 Å². The van der Waals surface area contributed by atoms with Crippen molar-refractivity contribution in [3.8, 4) is 0 Å². The lowest BCUT2D eigenvalue weighted by molar-refractivity contribution is 0.160. The molecule has 10 heavy (non-hydrogen) atoms. The van der Waals surface area contributed by atoms with Crippen LogP contribution in [0.3, 0.4) is 0 Å². The molecule has 0 radical (unpaired) electrons. The zero-order valence-electron chi connectivity index (χ0n) is 6.94. The van der Waals surface area contributed by atoms with Gasteiger partial charge in [-0.1, -0.05) is 17.7 Å². The highest BCUT2D eigenvalue weighted by atomic mass is 16.5. The molecule has 0 aromatic carbocycles. The van der Waals surface area contributed by atoms with Gasteiger partial charge in [0.1, 0.15) is 0 Å². The first-order valence-corrected chi connectivity index (χ1v) is 3.49. The zero-order chi connectivity index (χ0) is 7.98. The van der Waals surface area contributed by atoms with Gasteiger partial charge in [-0.3, -0.25) is 0 Å². The molecule has 0 heterocycles. The highest BCUT2D eigenvalue weighted by molar-refractivity contribution is 4.89. The second kappa shape index (κ2) is 5.24. The third kappa shape index (κ3) is 7.44. The van der Waals surface area contributed by atoms with E-state index in [4.69, 9.17) is 4.74 Å². The van der Waals surface area contributed by atoms with E-state index in [9.17, 15) is 0 Å². The fourth-order valence-electron chi connectivity index (χ4n) is 0.493. The van der Waals surface area contributed by atoms with Gasteiger partial charge in [-0.2, -0.15) is 0 Å². The Morgan fingerprint density at radius 3 is 2.20 bits per heavy atom. The van der Waals surface area contributed by atoms with Crippen molar-refractivity contribution in [1.29, 1.82) is 0 Å². The summed E-state index contributed by atoms with van der Waals surface area (Å²) in [4.78, 5) is 0. The van der Waals surface area contributed by atoms with Crippen LogP contribution < -0.4 is 0 Å². The molecule has 0 amide bonds. The maximum atomic E-state index is 5.25. The Kier molecular flexibility index (Phi) is 4.95. The Hall–Kier alpha value is -0.560. The molecule has 1 heteroatoms. The minimum absolute atomic E-state index is 0.674. The molecule has 0 atom stereocenters. The number of hydrogen-bond acceptors (Lipinski definition) is 1. The predicted octanol–water partition coefficient (Wildman–Crippen LogP) is 2.55. The molecule has 0 spiro atoms. The summed E-state index contributed by atoms with van der Waals surface area (Å²) in [6.07, 6.45) is 0.952. The molecule has 0 N–H and O–H groups in total. The van der Waals surface area contributed by atoms with Crippen LogP contribution in [-0.4, -0.2) is 13.2 Å². The molecular weight excluding hydrogens is 124 g/mol. The van der Waals surface area contributed by atoms with E-state index in [1.54, 1.807) is 0 Å². The molecule has 0 aromatic heterocycles. The standard InChI is InChI=1S/C9H16O/c1-8(2)5-6-10-7-9(3)4/h1,3,5-7H2,2,4H3. The molecule has 0 aliphatic heterocycles. The molecular formula is C9H16O. The van der Waals surface area contributed by atoms with Crippen molar-refractivity contribution in [3.05, 3.63) is 24.3 Å². The molecule has 0 aromatic rings. The fraction of sp³-hybridized carbons (Fsp3) is 0.556. The lowest BCUT2D eigenvalue weighted by atomic mass is 10.3. The van der Waals surface area contributed by atoms with E-state index in [1.165, 1.54) is 5.57 Å². The summed E-state index contributed by atoms with van der Waals surface area (Å²) in [5.41, 5.74) is 2.24. The van der Waals surface area contributed by atoms with Crippen molar-refractivity contribution in [2.45, 2.75) is 20.3 Å². The minimum Gasteiger partial charge on any atom is -0.377 e. The maximum absolute atomic E-state index is 5.25. The smallest absolute Gasteiger partial charge is 0.0671 e. The van der Waals surface area contributed by atoms with Crippen LogP contribution >= 0.6 is 0 Å². The predicted molar refractivity (Wildman–Crippen MR) is 45.1 cm³/mol. The highest BCUT2D eigenvalue weighted by Crippen LogP contribution is 1.96. The summed E-state index contributed by atoms with van der Waals surface area (Å²) in [5.74, 6) is 0. The molecule has 0 rings (SSSR count). The van der Waals surface area contributed by atoms with Crippen molar-refractivity contribution in [3.63, 3.8) is 0 Å². The van der Waals surface area contributed by atoms with Gasteiger partial charge < -0.3 is 4.74 Å². The third-order valence-corrected chi connectivity index (χ3v) is 1.02. The van der Waals surface area contributed by atoms with Gasteiger partial charge in [-0.15, -0.1) is 6.58 Å². The van der Waals surface area contributed by atoms with E-state index >= 15 is 0 Å². The topological polar surface area (TPSA) is 9.23 Å². The van der Waals surface area contributed by atoms with E-state index in [0.717, 1.165) is 18.6 Å². The van der Waals surface area contributed by atoms with Gasteiger partial charge in [-0.25, -0.2) is 0 Å². The molecule has 0 bridgehead atoms. The van der Waals surface area contributed by atoms with Gasteiger partial charge in [-0.05, 0) is 20.3 Å². The fourth-order valence-corrected chi connectivity index (χ4v) is 0.493. The molecule has 1 nitrogen and oxygen atoms in total. The summed E-state index contributed by atoms with van der Waals surface area (Å²) < 4.78 is 5.25. The van der Waals surface area contributed by atoms with Crippen LogP contribution in [0.1, 0.15) is 20.3 Å². The Balaban J connectivity index is 3.06. The Morgan fingerprint density at radius 1 is 1.20 bits per heavy atom. The van der Waals surface area contributed by atoms with E-state index in [0.29, 0.717) is 6.61 Å². The van der Waals surface area contributed by atoms with E-state index in [-0.39, 0.29) is 0 Å². The van der Waals surface area contributed by atoms with Crippen molar-refractivity contribution >= 4 is 0 Å². The Labute approximate surface area is 63.4 Å². The maximum Gasteiger partial charge on any atom is 0.0671 e. The highest BCUT2D eigenvalue weighted by Gasteiger charge is 1.88. The van der Waals surface area contributed by atoms with Gasteiger partial charge in [0, 0.05) is 0 Å². The number of rotatable bonds is 5. The lowest BCUT2D eigenvalue weighted by Crippen LogP contribution is -1.97. The van der Waals surface area contributed by atoms with E-state index in [2.05, 4.69) is 13.2 Å². The second-order valence-electron chi connectivity index (χ2n) is 2.72. The summed E-state index contributed by atoms with van der Waals surface area (Å²) in [6, 6.07) is 0. The molecule has 0 unspecified atom stereocenters. The van der Waals surface area contributed by atoms with Gasteiger partial charge in [0.2, 0.25) is 0 Å². The third-order valence-electron chi connectivity index (χ3n) is 1.02. The first-order chi connectivity index (χ1) is 4.63. The monoisotopic (exact) mass is 140 g/mol. The Bertz CT molecular complexity index is 109. The van der Waals surface area contributed by atoms with Crippen molar-refractivity contribution in [2.75, 3.05) is 13.2 Å². The zero-order valence-corrected chi connectivity index (χ0v) is 6.94. The van der Waals surface area contributed by atoms with Crippen LogP contribution in [0.25, 0.3) is 0 Å². The SMILES string of the molecule is C=C(C)CCOCC(=C)C. The molecule has 0 saturated heterocycles. The number of ether oxygens (including phenoxy) is 1. The molecule has 0 aliphatic carbocycles. The van der Waals surface area contributed by atoms with Crippen molar-refractivity contribution in [1.82, 2.24) is 0 Å². The normalized spacial score (nSPS) is 9.40. The summed E-state index contributed by atoms with van der Waals surface area (Å²) >= 11 is 0. The summed E-state index contributed by atoms with van der Waals surface area (Å²) in [6.45, 7) is 12.9. The Morgan fingerprint density at radius 2 is 1.80 bits per heavy atom. The van der Waals surface area contributed by atoms with E-state index < -0.39 is 0 Å². The molecule has 58 valence electrons. The lowest BCUT2D eigenvalue weighted by Gasteiger charge is -2.01. The average Bonchev–Trinajstić information content (AvgIpc) is 1.79. The van der Waals surface area contributed by atoms with Crippen molar-refractivity contribution < 1.29 is 4.74 Å². The largest absolute Gasteiger partial charge is 0.377 e. The summed E-state index contributed by atoms with van der Waals surface area (Å²) in [7, 11) is 0. The molecule has 0 fully saturated rings. The average molecular weight is 140 g/mol. The molecule has 0 aliphatic rings. The van der Waals surface area contributed by atoms with Crippen LogP contribution in [0.15, 0.2) is 24.3 Å². The van der Waals surface area contributed by atoms with Crippen LogP contribution in [0.5, 0.6) is 0 Å². The van der Waals surface area contributed by atoms with E-state index in [1.807, 2.05) is 13.8 Å². The van der Waals surface area contributed by atoms with Gasteiger partial charge in [0.25, 0.3) is 0 Å². The van der Waals surface area contributed by atoms with Gasteiger partial charge >= 0.3 is 0 Å². The molecule has 0 saturated carbocycles. The van der Waals surface area contributed by atoms with Gasteiger partial charge in [0.05, 0.1) is 13.2 Å². The van der Waals surface area contributed by atoms with Gasteiger partial charge in [0.15, 0.2) is 0 Å². The van der Waals surface area contributed by atoms with Crippen molar-refractivity contribution in [2.24, 2.45) is 0 Å². The quantitative estimate of drug-likeness (QED) is 0.421.